The highest BCUT2D eigenvalue weighted by atomic mass is 15.4. The van der Waals surface area contributed by atoms with Crippen LogP contribution in [0.2, 0.25) is 0 Å². The summed E-state index contributed by atoms with van der Waals surface area (Å²) in [7, 11) is 0. The second kappa shape index (κ2) is 4.98. The molecule has 86 valence electrons. The van der Waals surface area contributed by atoms with Crippen LogP contribution < -0.4 is 16.9 Å². The molecule has 0 atom stereocenters. The normalized spacial score (nSPS) is 10.6. The van der Waals surface area contributed by atoms with Gasteiger partial charge in [0.2, 0.25) is 0 Å². The van der Waals surface area contributed by atoms with Crippen molar-refractivity contribution in [3.63, 3.8) is 0 Å². The van der Waals surface area contributed by atoms with Gasteiger partial charge in [-0.25, -0.2) is 0 Å². The van der Waals surface area contributed by atoms with Crippen molar-refractivity contribution in [1.82, 2.24) is 0 Å². The van der Waals surface area contributed by atoms with Gasteiger partial charge in [-0.1, -0.05) is 23.4 Å². The molecule has 0 saturated carbocycles. The zero-order valence-corrected chi connectivity index (χ0v) is 9.17. The average Bonchev–Trinajstić information content (AvgIpc) is 2.35. The Kier molecular flexibility index (Phi) is 3.20. The maximum Gasteiger partial charge on any atom is 0.112 e. The summed E-state index contributed by atoms with van der Waals surface area (Å²) in [5.74, 6) is 0. The first-order valence-electron chi connectivity index (χ1n) is 5.12. The number of para-hydroxylation sites is 1. The Bertz CT molecular complexity index is 522. The van der Waals surface area contributed by atoms with E-state index in [1.54, 1.807) is 18.2 Å². The highest BCUT2D eigenvalue weighted by Crippen LogP contribution is 2.24. The monoisotopic (exact) mass is 227 g/mol. The van der Waals surface area contributed by atoms with Crippen molar-refractivity contribution >= 4 is 22.7 Å². The van der Waals surface area contributed by atoms with Gasteiger partial charge in [-0.2, -0.15) is 0 Å². The van der Waals surface area contributed by atoms with Crippen molar-refractivity contribution in [2.75, 3.05) is 16.9 Å². The van der Waals surface area contributed by atoms with Crippen LogP contribution >= 0.6 is 0 Å². The molecule has 2 rings (SSSR count). The average molecular weight is 227 g/mol. The minimum Gasteiger partial charge on any atom is -0.399 e. The molecule has 0 saturated heterocycles. The number of rotatable bonds is 3. The topological polar surface area (TPSA) is 88.8 Å². The third-order valence-corrected chi connectivity index (χ3v) is 2.17. The lowest BCUT2D eigenvalue weighted by Crippen LogP contribution is -1.90. The third kappa shape index (κ3) is 2.94. The zero-order chi connectivity index (χ0) is 12.1. The summed E-state index contributed by atoms with van der Waals surface area (Å²) in [4.78, 5) is 0. The van der Waals surface area contributed by atoms with Crippen molar-refractivity contribution in [3.05, 3.63) is 48.5 Å². The molecule has 0 aromatic heterocycles. The quantitative estimate of drug-likeness (QED) is 0.428. The van der Waals surface area contributed by atoms with E-state index in [2.05, 4.69) is 15.8 Å². The van der Waals surface area contributed by atoms with E-state index in [-0.39, 0.29) is 0 Å². The lowest BCUT2D eigenvalue weighted by atomic mass is 10.2. The molecule has 2 aromatic rings. The number of hydrogen-bond acceptors (Lipinski definition) is 4. The molecule has 5 N–H and O–H groups in total. The van der Waals surface area contributed by atoms with Gasteiger partial charge in [-0.05, 0) is 30.3 Å². The molecule has 2 aromatic carbocycles. The van der Waals surface area contributed by atoms with Crippen LogP contribution in [0.15, 0.2) is 58.9 Å². The van der Waals surface area contributed by atoms with Gasteiger partial charge in [0.1, 0.15) is 5.69 Å². The van der Waals surface area contributed by atoms with Crippen LogP contribution in [-0.4, -0.2) is 0 Å². The van der Waals surface area contributed by atoms with Gasteiger partial charge in [-0.15, -0.1) is 5.11 Å². The lowest BCUT2D eigenvalue weighted by molar-refractivity contribution is 1.13. The lowest BCUT2D eigenvalue weighted by Gasteiger charge is -2.01. The smallest absolute Gasteiger partial charge is 0.112 e. The molecule has 5 heteroatoms. The fraction of sp³-hybridized carbons (Fsp3) is 0. The van der Waals surface area contributed by atoms with Crippen molar-refractivity contribution in [1.29, 1.82) is 0 Å². The number of nitrogens with one attached hydrogen (secondary N) is 1. The van der Waals surface area contributed by atoms with Crippen LogP contribution in [0.1, 0.15) is 0 Å². The van der Waals surface area contributed by atoms with Crippen molar-refractivity contribution in [2.45, 2.75) is 0 Å². The molecule has 0 fully saturated rings. The fourth-order valence-corrected chi connectivity index (χ4v) is 1.30. The molecule has 0 unspecified atom stereocenters. The van der Waals surface area contributed by atoms with E-state index < -0.39 is 0 Å². The second-order valence-electron chi connectivity index (χ2n) is 3.50. The van der Waals surface area contributed by atoms with Gasteiger partial charge >= 0.3 is 0 Å². The summed E-state index contributed by atoms with van der Waals surface area (Å²) in [6.45, 7) is 0. The van der Waals surface area contributed by atoms with Crippen LogP contribution in [0.5, 0.6) is 0 Å². The van der Waals surface area contributed by atoms with Gasteiger partial charge < -0.3 is 11.5 Å². The molecule has 17 heavy (non-hydrogen) atoms. The Morgan fingerprint density at radius 2 is 1.71 bits per heavy atom. The van der Waals surface area contributed by atoms with E-state index in [1.807, 2.05) is 30.3 Å². The Balaban J connectivity index is 2.08. The molecule has 0 amide bonds. The van der Waals surface area contributed by atoms with Crippen LogP contribution in [0.4, 0.5) is 22.7 Å². The summed E-state index contributed by atoms with van der Waals surface area (Å²) >= 11 is 0. The maximum absolute atomic E-state index is 5.73. The van der Waals surface area contributed by atoms with Crippen LogP contribution in [0.25, 0.3) is 0 Å². The van der Waals surface area contributed by atoms with E-state index in [1.165, 1.54) is 0 Å². The number of benzene rings is 2. The van der Waals surface area contributed by atoms with E-state index in [0.29, 0.717) is 17.1 Å². The minimum atomic E-state index is 0.540. The van der Waals surface area contributed by atoms with Gasteiger partial charge in [0.15, 0.2) is 0 Å². The Labute approximate surface area is 99.1 Å². The molecule has 0 radical (unpaired) electrons. The second-order valence-corrected chi connectivity index (χ2v) is 3.50. The van der Waals surface area contributed by atoms with E-state index in [0.717, 1.165) is 5.69 Å². The van der Waals surface area contributed by atoms with E-state index >= 15 is 0 Å². The molecular weight excluding hydrogens is 214 g/mol. The van der Waals surface area contributed by atoms with Crippen LogP contribution in [0.3, 0.4) is 0 Å². The largest absolute Gasteiger partial charge is 0.399 e. The molecule has 0 aliphatic heterocycles. The number of nitrogens with zero attached hydrogens (tertiary/aromatic N) is 2. The summed E-state index contributed by atoms with van der Waals surface area (Å²) in [5.41, 5.74) is 16.7. The van der Waals surface area contributed by atoms with Gasteiger partial charge in [0.05, 0.1) is 11.4 Å². The minimum absolute atomic E-state index is 0.540. The first-order chi connectivity index (χ1) is 8.25. The number of anilines is 3. The zero-order valence-electron chi connectivity index (χ0n) is 9.17. The third-order valence-electron chi connectivity index (χ3n) is 2.17. The van der Waals surface area contributed by atoms with Gasteiger partial charge in [-0.3, -0.25) is 5.43 Å². The highest BCUT2D eigenvalue weighted by Gasteiger charge is 1.97. The Morgan fingerprint density at radius 3 is 2.47 bits per heavy atom. The molecule has 0 spiro atoms. The van der Waals surface area contributed by atoms with Crippen molar-refractivity contribution < 1.29 is 0 Å². The van der Waals surface area contributed by atoms with E-state index in [9.17, 15) is 0 Å². The predicted octanol–water partition coefficient (Wildman–Crippen LogP) is 2.96. The number of hydrogen-bond donors (Lipinski definition) is 3. The molecule has 0 aliphatic carbocycles. The standard InChI is InChI=1S/C12H13N5/c13-9-6-7-11(14)12(8-9)16-17-15-10-4-2-1-3-5-10/h1-8H,13-14H2,(H,15,16). The van der Waals surface area contributed by atoms with Crippen LogP contribution in [-0.2, 0) is 0 Å². The van der Waals surface area contributed by atoms with Crippen molar-refractivity contribution in [2.24, 2.45) is 10.3 Å². The van der Waals surface area contributed by atoms with Gasteiger partial charge in [0, 0.05) is 5.69 Å². The van der Waals surface area contributed by atoms with Crippen molar-refractivity contribution in [3.8, 4) is 0 Å². The summed E-state index contributed by atoms with van der Waals surface area (Å²) in [5, 5.41) is 7.82. The number of nitrogen functional groups attached to an aromatic ring is 2. The van der Waals surface area contributed by atoms with Crippen LogP contribution in [0, 0.1) is 0 Å². The Hall–Kier alpha value is -2.56. The molecule has 0 aliphatic rings. The predicted molar refractivity (Wildman–Crippen MR) is 69.8 cm³/mol. The maximum atomic E-state index is 5.73. The number of nitrogens with two attached hydrogens (primary N) is 2. The highest BCUT2D eigenvalue weighted by molar-refractivity contribution is 5.67. The summed E-state index contributed by atoms with van der Waals surface area (Å²) < 4.78 is 0. The molecule has 0 bridgehead atoms. The van der Waals surface area contributed by atoms with Gasteiger partial charge in [0.25, 0.3) is 0 Å². The first kappa shape index (κ1) is 10.9. The summed E-state index contributed by atoms with van der Waals surface area (Å²) in [6, 6.07) is 14.6. The summed E-state index contributed by atoms with van der Waals surface area (Å²) in [6.07, 6.45) is 0. The molecular formula is C12H13N5. The fourth-order valence-electron chi connectivity index (χ4n) is 1.30. The molecule has 0 heterocycles. The molecule has 5 nitrogen and oxygen atoms in total. The Morgan fingerprint density at radius 1 is 0.941 bits per heavy atom. The SMILES string of the molecule is Nc1ccc(N)c(N=NNc2ccccc2)c1. The first-order valence-corrected chi connectivity index (χ1v) is 5.12. The van der Waals surface area contributed by atoms with E-state index in [4.69, 9.17) is 11.5 Å².